The molecule has 2 aliphatic heterocycles. The summed E-state index contributed by atoms with van der Waals surface area (Å²) in [5.74, 6) is -4.75. The van der Waals surface area contributed by atoms with Crippen LogP contribution >= 0.6 is 11.6 Å². The van der Waals surface area contributed by atoms with Crippen molar-refractivity contribution in [2.24, 2.45) is 0 Å². The molecular weight excluding hydrogens is 592 g/mol. The lowest BCUT2D eigenvalue weighted by atomic mass is 9.97. The molecule has 1 saturated heterocycles. The van der Waals surface area contributed by atoms with Crippen LogP contribution in [-0.4, -0.2) is 71.1 Å². The second-order valence-electron chi connectivity index (χ2n) is 10.7. The van der Waals surface area contributed by atoms with Crippen molar-refractivity contribution in [3.05, 3.63) is 75.5 Å². The summed E-state index contributed by atoms with van der Waals surface area (Å²) >= 11 is 6.41. The van der Waals surface area contributed by atoms with Crippen LogP contribution in [0.3, 0.4) is 0 Å². The predicted molar refractivity (Wildman–Crippen MR) is 152 cm³/mol. The lowest BCUT2D eigenvalue weighted by Crippen LogP contribution is -2.50. The van der Waals surface area contributed by atoms with Gasteiger partial charge in [-0.3, -0.25) is 24.7 Å². The monoisotopic (exact) mass is 620 g/mol. The quantitative estimate of drug-likeness (QED) is 0.339. The standard InChI is InChI=1S/C29H29ClF4N6O3/c1-15(41)12-40-25(16(2)20-10-18(31)3-4-21(20)30)26(36-27(40)28(42)35-6-8-38-13-19(32)14-38)37-29(43)39-7-5-17-9-22(33)23(34)11-24(17)39/h3-4,9-11,16,19H,5-8,12-14H2,1-2H3,(H,35,42)(H,37,43)/t16-/m0/s1. The van der Waals surface area contributed by atoms with Crippen LogP contribution in [0.25, 0.3) is 0 Å². The Morgan fingerprint density at radius 2 is 1.84 bits per heavy atom. The van der Waals surface area contributed by atoms with E-state index in [1.807, 2.05) is 4.90 Å². The van der Waals surface area contributed by atoms with Crippen LogP contribution < -0.4 is 15.5 Å². The number of ketones is 1. The van der Waals surface area contributed by atoms with E-state index in [0.29, 0.717) is 17.7 Å². The number of carbonyl (C=O) groups is 3. The molecule has 5 rings (SSSR count). The van der Waals surface area contributed by atoms with Gasteiger partial charge in [-0.05, 0) is 48.7 Å². The number of benzene rings is 2. The van der Waals surface area contributed by atoms with Crippen LogP contribution in [-0.2, 0) is 17.8 Å². The molecule has 0 radical (unpaired) electrons. The fraction of sp³-hybridized carbons (Fsp3) is 0.379. The lowest BCUT2D eigenvalue weighted by molar-refractivity contribution is -0.117. The van der Waals surface area contributed by atoms with E-state index in [2.05, 4.69) is 15.6 Å². The van der Waals surface area contributed by atoms with Crippen LogP contribution in [0.4, 0.5) is 33.9 Å². The molecule has 2 aliphatic rings. The van der Waals surface area contributed by atoms with E-state index < -0.39 is 41.5 Å². The van der Waals surface area contributed by atoms with E-state index >= 15 is 0 Å². The maximum Gasteiger partial charge on any atom is 0.327 e. The number of imidazole rings is 1. The van der Waals surface area contributed by atoms with E-state index in [4.69, 9.17) is 11.6 Å². The highest BCUT2D eigenvalue weighted by Gasteiger charge is 2.32. The zero-order chi connectivity index (χ0) is 31.0. The van der Waals surface area contributed by atoms with Crippen LogP contribution in [0, 0.1) is 17.5 Å². The number of likely N-dealkylation sites (tertiary alicyclic amines) is 1. The third kappa shape index (κ3) is 6.37. The maximum absolute atomic E-state index is 14.3. The number of halogens is 5. The molecule has 2 aromatic carbocycles. The minimum Gasteiger partial charge on any atom is -0.348 e. The van der Waals surface area contributed by atoms with Crippen molar-refractivity contribution >= 4 is 40.8 Å². The lowest BCUT2D eigenvalue weighted by Gasteiger charge is -2.34. The molecule has 1 fully saturated rings. The summed E-state index contributed by atoms with van der Waals surface area (Å²) in [7, 11) is 0. The third-order valence-electron chi connectivity index (χ3n) is 7.54. The van der Waals surface area contributed by atoms with Crippen molar-refractivity contribution in [1.82, 2.24) is 19.8 Å². The number of urea groups is 1. The van der Waals surface area contributed by atoms with E-state index in [0.717, 1.165) is 12.1 Å². The number of alkyl halides is 1. The first-order valence-corrected chi connectivity index (χ1v) is 14.1. The van der Waals surface area contributed by atoms with Gasteiger partial charge in [-0.25, -0.2) is 27.3 Å². The molecule has 1 aromatic heterocycles. The Bertz CT molecular complexity index is 1590. The van der Waals surface area contributed by atoms with Crippen LogP contribution in [0.5, 0.6) is 0 Å². The number of nitrogens with one attached hydrogen (secondary N) is 2. The molecular formula is C29H29ClF4N6O3. The highest BCUT2D eigenvalue weighted by molar-refractivity contribution is 6.31. The summed E-state index contributed by atoms with van der Waals surface area (Å²) in [6.45, 7) is 3.92. The molecule has 228 valence electrons. The molecule has 0 spiro atoms. The number of hydrogen-bond donors (Lipinski definition) is 2. The van der Waals surface area contributed by atoms with Gasteiger partial charge in [0.05, 0.1) is 17.9 Å². The van der Waals surface area contributed by atoms with Crippen molar-refractivity contribution < 1.29 is 31.9 Å². The van der Waals surface area contributed by atoms with Gasteiger partial charge in [0.2, 0.25) is 5.82 Å². The van der Waals surface area contributed by atoms with Crippen molar-refractivity contribution in [3.63, 3.8) is 0 Å². The number of hydrogen-bond acceptors (Lipinski definition) is 5. The van der Waals surface area contributed by atoms with Gasteiger partial charge in [-0.15, -0.1) is 0 Å². The largest absolute Gasteiger partial charge is 0.348 e. The highest BCUT2D eigenvalue weighted by Crippen LogP contribution is 2.36. The molecule has 0 aliphatic carbocycles. The number of aromatic nitrogens is 2. The zero-order valence-corrected chi connectivity index (χ0v) is 24.2. The molecule has 2 N–H and O–H groups in total. The van der Waals surface area contributed by atoms with E-state index in [1.165, 1.54) is 34.6 Å². The van der Waals surface area contributed by atoms with Gasteiger partial charge in [0.25, 0.3) is 5.91 Å². The molecule has 14 heteroatoms. The molecule has 0 unspecified atom stereocenters. The van der Waals surface area contributed by atoms with Crippen molar-refractivity contribution in [2.75, 3.05) is 42.9 Å². The summed E-state index contributed by atoms with van der Waals surface area (Å²) in [5.41, 5.74) is 1.14. The topological polar surface area (TPSA) is 99.6 Å². The predicted octanol–water partition coefficient (Wildman–Crippen LogP) is 4.67. The number of nitrogens with zero attached hydrogens (tertiary/aromatic N) is 4. The molecule has 3 amide bonds. The van der Waals surface area contributed by atoms with E-state index in [1.54, 1.807) is 6.92 Å². The van der Waals surface area contributed by atoms with Gasteiger partial charge in [-0.1, -0.05) is 18.5 Å². The Morgan fingerprint density at radius 1 is 1.12 bits per heavy atom. The summed E-state index contributed by atoms with van der Waals surface area (Å²) in [4.78, 5) is 46.6. The van der Waals surface area contributed by atoms with Gasteiger partial charge in [0.1, 0.15) is 17.8 Å². The minimum absolute atomic E-state index is 0.0942. The van der Waals surface area contributed by atoms with Gasteiger partial charge >= 0.3 is 6.03 Å². The highest BCUT2D eigenvalue weighted by atomic mass is 35.5. The molecule has 43 heavy (non-hydrogen) atoms. The Morgan fingerprint density at radius 3 is 2.53 bits per heavy atom. The SMILES string of the molecule is CC(=O)Cn1c(C(=O)NCCN2CC(F)C2)nc(NC(=O)N2CCc3cc(F)c(F)cc32)c1[C@@H](C)c1cc(F)ccc1Cl. The third-order valence-corrected chi connectivity index (χ3v) is 7.88. The van der Waals surface area contributed by atoms with E-state index in [-0.39, 0.29) is 73.0 Å². The average Bonchev–Trinajstić information content (AvgIpc) is 3.49. The van der Waals surface area contributed by atoms with Gasteiger partial charge in [-0.2, -0.15) is 0 Å². The average molecular weight is 621 g/mol. The number of carbonyl (C=O) groups excluding carboxylic acids is 3. The first-order valence-electron chi connectivity index (χ1n) is 13.7. The van der Waals surface area contributed by atoms with Crippen molar-refractivity contribution in [2.45, 2.75) is 38.9 Å². The second kappa shape index (κ2) is 12.3. The Hall–Kier alpha value is -3.97. The number of Topliss-reactive ketones (excluding diaryl/α,β-unsaturated/α-hetero) is 1. The maximum atomic E-state index is 14.3. The molecule has 9 nitrogen and oxygen atoms in total. The van der Waals surface area contributed by atoms with Crippen LogP contribution in [0.15, 0.2) is 30.3 Å². The molecule has 0 bridgehead atoms. The van der Waals surface area contributed by atoms with Crippen molar-refractivity contribution in [1.29, 1.82) is 0 Å². The number of amides is 3. The molecule has 3 aromatic rings. The number of rotatable bonds is 9. The summed E-state index contributed by atoms with van der Waals surface area (Å²) in [5, 5.41) is 5.58. The van der Waals surface area contributed by atoms with Gasteiger partial charge in [0, 0.05) is 49.7 Å². The molecule has 0 saturated carbocycles. The number of anilines is 2. The van der Waals surface area contributed by atoms with Crippen LogP contribution in [0.1, 0.15) is 47.2 Å². The minimum atomic E-state index is -1.11. The first kappa shape index (κ1) is 30.5. The second-order valence-corrected chi connectivity index (χ2v) is 11.1. The Balaban J connectivity index is 1.52. The summed E-state index contributed by atoms with van der Waals surface area (Å²) < 4.78 is 56.6. The molecule has 1 atom stereocenters. The Kier molecular flexibility index (Phi) is 8.74. The first-order chi connectivity index (χ1) is 20.4. The van der Waals surface area contributed by atoms with Gasteiger partial charge < -0.3 is 9.88 Å². The normalized spacial score (nSPS) is 15.7. The van der Waals surface area contributed by atoms with E-state index in [9.17, 15) is 31.9 Å². The Labute approximate surface area is 249 Å². The fourth-order valence-electron chi connectivity index (χ4n) is 5.40. The van der Waals surface area contributed by atoms with Crippen molar-refractivity contribution in [3.8, 4) is 0 Å². The smallest absolute Gasteiger partial charge is 0.327 e. The number of fused-ring (bicyclic) bond motifs is 1. The summed E-state index contributed by atoms with van der Waals surface area (Å²) in [6.07, 6.45) is -0.609. The zero-order valence-electron chi connectivity index (χ0n) is 23.4. The molecule has 3 heterocycles. The van der Waals surface area contributed by atoms with Gasteiger partial charge in [0.15, 0.2) is 17.5 Å². The fourth-order valence-corrected chi connectivity index (χ4v) is 5.68. The van der Waals surface area contributed by atoms with Crippen LogP contribution in [0.2, 0.25) is 5.02 Å². The summed E-state index contributed by atoms with van der Waals surface area (Å²) in [6, 6.07) is 5.00.